The Hall–Kier alpha value is -1.75. The van der Waals surface area contributed by atoms with Gasteiger partial charge in [0.1, 0.15) is 5.01 Å². The maximum atomic E-state index is 13.0. The van der Waals surface area contributed by atoms with Crippen LogP contribution in [0.3, 0.4) is 0 Å². The van der Waals surface area contributed by atoms with Gasteiger partial charge in [-0.2, -0.15) is 0 Å². The maximum Gasteiger partial charge on any atom is 0.230 e. The fourth-order valence-electron chi connectivity index (χ4n) is 3.53. The summed E-state index contributed by atoms with van der Waals surface area (Å²) < 4.78 is 27.3. The van der Waals surface area contributed by atoms with Crippen molar-refractivity contribution >= 4 is 67.2 Å². The highest BCUT2D eigenvalue weighted by Gasteiger charge is 2.33. The third-order valence-electron chi connectivity index (χ3n) is 5.25. The summed E-state index contributed by atoms with van der Waals surface area (Å²) >= 11 is 19.2. The van der Waals surface area contributed by atoms with Crippen LogP contribution >= 0.6 is 46.1 Å². The largest absolute Gasteiger partial charge is 0.300 e. The molecule has 3 aromatic rings. The van der Waals surface area contributed by atoms with Crippen molar-refractivity contribution in [2.24, 2.45) is 5.92 Å². The quantitative estimate of drug-likeness (QED) is 0.451. The van der Waals surface area contributed by atoms with Crippen molar-refractivity contribution < 1.29 is 13.2 Å². The van der Waals surface area contributed by atoms with Gasteiger partial charge in [-0.05, 0) is 42.7 Å². The minimum absolute atomic E-state index is 0.0994. The molecule has 2 heterocycles. The van der Waals surface area contributed by atoms with Gasteiger partial charge in [0.2, 0.25) is 21.1 Å². The molecule has 12 heteroatoms. The smallest absolute Gasteiger partial charge is 0.230 e. The first-order valence-corrected chi connectivity index (χ1v) is 13.6. The predicted octanol–water partition coefficient (Wildman–Crippen LogP) is 5.35. The number of benzene rings is 2. The molecule has 0 radical (unpaired) electrons. The summed E-state index contributed by atoms with van der Waals surface area (Å²) in [5.74, 6) is -1.02. The first kappa shape index (κ1) is 24.4. The number of piperidine rings is 1. The molecule has 0 saturated carbocycles. The molecule has 1 atom stereocenters. The Kier molecular flexibility index (Phi) is 7.57. The second kappa shape index (κ2) is 10.2. The van der Waals surface area contributed by atoms with Crippen molar-refractivity contribution in [3.8, 4) is 10.6 Å². The molecule has 1 saturated heterocycles. The third-order valence-corrected chi connectivity index (χ3v) is 8.77. The Morgan fingerprint density at radius 2 is 1.82 bits per heavy atom. The first-order valence-electron chi connectivity index (χ1n) is 10.0. The minimum atomic E-state index is -3.66. The standard InChI is InChI=1S/C21H19Cl3N4O3S2/c22-16-6-3-13(4-7-16)20-26-27-21(32-20)25-19(29)14-2-1-9-28(11-14)33(30,31)12-15-5-8-17(23)10-18(15)24/h3-8,10,14H,1-2,9,11-12H2,(H,25,27,29). The number of halogens is 3. The summed E-state index contributed by atoms with van der Waals surface area (Å²) in [6.45, 7) is 0.457. The molecule has 1 aliphatic heterocycles. The summed E-state index contributed by atoms with van der Waals surface area (Å²) in [5, 5.41) is 13.3. The van der Waals surface area contributed by atoms with E-state index in [0.717, 1.165) is 5.56 Å². The van der Waals surface area contributed by atoms with E-state index in [2.05, 4.69) is 15.5 Å². The molecule has 174 valence electrons. The Balaban J connectivity index is 1.40. The number of hydrogen-bond donors (Lipinski definition) is 1. The average molecular weight is 546 g/mol. The molecule has 1 N–H and O–H groups in total. The van der Waals surface area contributed by atoms with E-state index in [-0.39, 0.29) is 18.2 Å². The minimum Gasteiger partial charge on any atom is -0.300 e. The van der Waals surface area contributed by atoms with Gasteiger partial charge in [0, 0.05) is 33.7 Å². The molecule has 1 fully saturated rings. The number of nitrogens with one attached hydrogen (secondary N) is 1. The number of hydrogen-bond acceptors (Lipinski definition) is 6. The Morgan fingerprint density at radius 3 is 2.55 bits per heavy atom. The van der Waals surface area contributed by atoms with Gasteiger partial charge < -0.3 is 5.32 Å². The van der Waals surface area contributed by atoms with Gasteiger partial charge in [0.15, 0.2) is 0 Å². The van der Waals surface area contributed by atoms with Crippen LogP contribution in [-0.2, 0) is 20.6 Å². The van der Waals surface area contributed by atoms with Crippen LogP contribution in [0.4, 0.5) is 5.13 Å². The molecule has 4 rings (SSSR count). The Labute approximate surface area is 210 Å². The zero-order valence-corrected chi connectivity index (χ0v) is 21.1. The van der Waals surface area contributed by atoms with Gasteiger partial charge in [-0.1, -0.05) is 64.3 Å². The number of anilines is 1. The van der Waals surface area contributed by atoms with Crippen molar-refractivity contribution in [1.29, 1.82) is 0 Å². The molecular weight excluding hydrogens is 527 g/mol. The highest BCUT2D eigenvalue weighted by Crippen LogP contribution is 2.29. The summed E-state index contributed by atoms with van der Waals surface area (Å²) in [5.41, 5.74) is 1.31. The zero-order chi connectivity index (χ0) is 23.6. The third kappa shape index (κ3) is 6.03. The summed E-state index contributed by atoms with van der Waals surface area (Å²) in [6, 6.07) is 11.9. The second-order valence-electron chi connectivity index (χ2n) is 7.60. The lowest BCUT2D eigenvalue weighted by molar-refractivity contribution is -0.120. The number of carbonyl (C=O) groups is 1. The predicted molar refractivity (Wildman–Crippen MR) is 132 cm³/mol. The van der Waals surface area contributed by atoms with Crippen molar-refractivity contribution in [3.63, 3.8) is 0 Å². The van der Waals surface area contributed by atoms with Crippen LogP contribution in [0.15, 0.2) is 42.5 Å². The number of aromatic nitrogens is 2. The highest BCUT2D eigenvalue weighted by atomic mass is 35.5. The fourth-order valence-corrected chi connectivity index (χ4v) is 6.60. The van der Waals surface area contributed by atoms with E-state index in [1.165, 1.54) is 21.7 Å². The van der Waals surface area contributed by atoms with Crippen LogP contribution in [0.25, 0.3) is 10.6 Å². The molecule has 0 spiro atoms. The lowest BCUT2D eigenvalue weighted by Gasteiger charge is -2.31. The maximum absolute atomic E-state index is 13.0. The van der Waals surface area contributed by atoms with Crippen LogP contribution in [0.2, 0.25) is 15.1 Å². The molecule has 1 unspecified atom stereocenters. The van der Waals surface area contributed by atoms with Crippen molar-refractivity contribution in [2.75, 3.05) is 18.4 Å². The zero-order valence-electron chi connectivity index (χ0n) is 17.2. The second-order valence-corrected chi connectivity index (χ2v) is 11.8. The Morgan fingerprint density at radius 1 is 1.09 bits per heavy atom. The Bertz CT molecular complexity index is 1270. The highest BCUT2D eigenvalue weighted by molar-refractivity contribution is 7.88. The number of nitrogens with zero attached hydrogens (tertiary/aromatic N) is 3. The van der Waals surface area contributed by atoms with E-state index in [1.807, 2.05) is 12.1 Å². The van der Waals surface area contributed by atoms with E-state index in [9.17, 15) is 13.2 Å². The van der Waals surface area contributed by atoms with E-state index in [0.29, 0.717) is 50.2 Å². The normalized spacial score (nSPS) is 17.1. The van der Waals surface area contributed by atoms with Crippen molar-refractivity contribution in [2.45, 2.75) is 18.6 Å². The molecule has 7 nitrogen and oxygen atoms in total. The molecule has 1 aliphatic rings. The lowest BCUT2D eigenvalue weighted by atomic mass is 9.99. The number of sulfonamides is 1. The van der Waals surface area contributed by atoms with Crippen LogP contribution in [0.1, 0.15) is 18.4 Å². The molecule has 0 bridgehead atoms. The van der Waals surface area contributed by atoms with E-state index >= 15 is 0 Å². The van der Waals surface area contributed by atoms with E-state index in [4.69, 9.17) is 34.8 Å². The molecule has 1 amide bonds. The first-order chi connectivity index (χ1) is 15.7. The molecule has 0 aliphatic carbocycles. The summed E-state index contributed by atoms with van der Waals surface area (Å²) in [4.78, 5) is 12.8. The molecular formula is C21H19Cl3N4O3S2. The van der Waals surface area contributed by atoms with Crippen molar-refractivity contribution in [3.05, 3.63) is 63.1 Å². The topological polar surface area (TPSA) is 92.3 Å². The fraction of sp³-hybridized carbons (Fsp3) is 0.286. The number of rotatable bonds is 6. The summed E-state index contributed by atoms with van der Waals surface area (Å²) in [6.07, 6.45) is 1.17. The average Bonchev–Trinajstić information content (AvgIpc) is 3.24. The van der Waals surface area contributed by atoms with Crippen molar-refractivity contribution in [1.82, 2.24) is 14.5 Å². The monoisotopic (exact) mass is 544 g/mol. The van der Waals surface area contributed by atoms with Crippen LogP contribution in [-0.4, -0.2) is 41.9 Å². The van der Waals surface area contributed by atoms with Gasteiger partial charge in [-0.25, -0.2) is 12.7 Å². The molecule has 1 aromatic heterocycles. The van der Waals surface area contributed by atoms with Gasteiger partial charge in [0.05, 0.1) is 11.7 Å². The summed E-state index contributed by atoms with van der Waals surface area (Å²) in [7, 11) is -3.66. The van der Waals surface area contributed by atoms with E-state index in [1.54, 1.807) is 24.3 Å². The van der Waals surface area contributed by atoms with Gasteiger partial charge in [-0.15, -0.1) is 10.2 Å². The van der Waals surface area contributed by atoms with Crippen LogP contribution in [0, 0.1) is 5.92 Å². The van der Waals surface area contributed by atoms with E-state index < -0.39 is 15.9 Å². The number of amides is 1. The lowest BCUT2D eigenvalue weighted by Crippen LogP contribution is -2.44. The van der Waals surface area contributed by atoms with Gasteiger partial charge in [0.25, 0.3) is 0 Å². The number of carbonyl (C=O) groups excluding carboxylic acids is 1. The van der Waals surface area contributed by atoms with Crippen LogP contribution < -0.4 is 5.32 Å². The van der Waals surface area contributed by atoms with Gasteiger partial charge >= 0.3 is 0 Å². The SMILES string of the molecule is O=C(Nc1nnc(-c2ccc(Cl)cc2)s1)C1CCCN(S(=O)(=O)Cc2ccc(Cl)cc2Cl)C1. The van der Waals surface area contributed by atoms with Crippen LogP contribution in [0.5, 0.6) is 0 Å². The molecule has 33 heavy (non-hydrogen) atoms. The molecule has 2 aromatic carbocycles. The van der Waals surface area contributed by atoms with Gasteiger partial charge in [-0.3, -0.25) is 4.79 Å².